The van der Waals surface area contributed by atoms with E-state index < -0.39 is 5.91 Å². The molecule has 0 radical (unpaired) electrons. The zero-order valence-electron chi connectivity index (χ0n) is 11.3. The summed E-state index contributed by atoms with van der Waals surface area (Å²) in [5, 5.41) is 5.89. The van der Waals surface area contributed by atoms with Gasteiger partial charge in [0.25, 0.3) is 5.91 Å². The Kier molecular flexibility index (Phi) is 5.78. The molecule has 6 nitrogen and oxygen atoms in total. The monoisotopic (exact) mass is 264 g/mol. The van der Waals surface area contributed by atoms with Crippen LogP contribution in [0.4, 0.5) is 5.69 Å². The van der Waals surface area contributed by atoms with E-state index in [1.54, 1.807) is 19.2 Å². The van der Waals surface area contributed by atoms with Crippen LogP contribution in [0.2, 0.25) is 0 Å². The molecule has 1 aromatic rings. The van der Waals surface area contributed by atoms with E-state index in [0.717, 1.165) is 18.7 Å². The van der Waals surface area contributed by atoms with Crippen molar-refractivity contribution >= 4 is 17.5 Å². The quantitative estimate of drug-likeness (QED) is 0.681. The summed E-state index contributed by atoms with van der Waals surface area (Å²) in [5.74, 6) is -0.705. The molecule has 0 saturated heterocycles. The summed E-state index contributed by atoms with van der Waals surface area (Å²) < 4.78 is 0. The summed E-state index contributed by atoms with van der Waals surface area (Å²) in [4.78, 5) is 26.8. The maximum absolute atomic E-state index is 12.1. The molecule has 4 N–H and O–H groups in total. The molecule has 1 atom stereocenters. The number of carbonyl (C=O) groups is 2. The Bertz CT molecular complexity index is 448. The van der Waals surface area contributed by atoms with Gasteiger partial charge in [-0.3, -0.25) is 14.6 Å². The minimum atomic E-state index is -0.441. The van der Waals surface area contributed by atoms with Crippen molar-refractivity contribution in [2.75, 3.05) is 11.9 Å². The summed E-state index contributed by atoms with van der Waals surface area (Å²) in [7, 11) is 0. The highest BCUT2D eigenvalue weighted by Gasteiger charge is 2.14. The molecule has 0 bridgehead atoms. The third-order valence-electron chi connectivity index (χ3n) is 2.52. The maximum atomic E-state index is 12.1. The number of carbonyl (C=O) groups excluding carboxylic acids is 2. The van der Waals surface area contributed by atoms with Crippen LogP contribution in [0.25, 0.3) is 0 Å². The molecule has 6 heteroatoms. The van der Waals surface area contributed by atoms with Crippen LogP contribution in [0.5, 0.6) is 0 Å². The second kappa shape index (κ2) is 7.35. The molecular formula is C13H20N4O2. The van der Waals surface area contributed by atoms with Crippen molar-refractivity contribution in [3.8, 4) is 0 Å². The van der Waals surface area contributed by atoms with Crippen LogP contribution in [-0.2, 0) is 4.79 Å². The lowest BCUT2D eigenvalue weighted by Gasteiger charge is -2.14. The molecule has 0 saturated carbocycles. The molecule has 0 aliphatic heterocycles. The molecule has 0 spiro atoms. The number of hydrogen-bond acceptors (Lipinski definition) is 4. The number of pyridine rings is 1. The standard InChI is InChI=1S/C13H20N4O2/c1-3-5-16-11-4-6-15-8-10(11)13(19)17-9(2)7-12(14)18/h4,6,8-9H,3,5,7H2,1-2H3,(H2,14,18)(H,15,16)(H,17,19). The second-order valence-corrected chi connectivity index (χ2v) is 4.39. The van der Waals surface area contributed by atoms with Crippen LogP contribution in [0, 0.1) is 0 Å². The number of anilines is 1. The normalized spacial score (nSPS) is 11.7. The molecule has 0 fully saturated rings. The first kappa shape index (κ1) is 14.9. The number of rotatable bonds is 7. The van der Waals surface area contributed by atoms with Crippen molar-refractivity contribution in [2.24, 2.45) is 5.73 Å². The number of nitrogens with zero attached hydrogens (tertiary/aromatic N) is 1. The van der Waals surface area contributed by atoms with Crippen LogP contribution >= 0.6 is 0 Å². The molecule has 1 aromatic heterocycles. The van der Waals surface area contributed by atoms with Crippen molar-refractivity contribution in [2.45, 2.75) is 32.7 Å². The lowest BCUT2D eigenvalue weighted by atomic mass is 10.1. The van der Waals surface area contributed by atoms with Gasteiger partial charge in [0, 0.05) is 31.4 Å². The van der Waals surface area contributed by atoms with Gasteiger partial charge in [0.15, 0.2) is 0 Å². The first-order valence-corrected chi connectivity index (χ1v) is 6.31. The van der Waals surface area contributed by atoms with Crippen molar-refractivity contribution < 1.29 is 9.59 Å². The van der Waals surface area contributed by atoms with Gasteiger partial charge in [0.1, 0.15) is 0 Å². The summed E-state index contributed by atoms with van der Waals surface area (Å²) in [6.07, 6.45) is 4.21. The number of nitrogens with two attached hydrogens (primary N) is 1. The molecular weight excluding hydrogens is 244 g/mol. The van der Waals surface area contributed by atoms with Crippen molar-refractivity contribution in [3.63, 3.8) is 0 Å². The number of nitrogens with one attached hydrogen (secondary N) is 2. The number of hydrogen-bond donors (Lipinski definition) is 3. The first-order chi connectivity index (χ1) is 9.04. The Morgan fingerprint density at radius 3 is 2.84 bits per heavy atom. The largest absolute Gasteiger partial charge is 0.384 e. The van der Waals surface area contributed by atoms with E-state index >= 15 is 0 Å². The van der Waals surface area contributed by atoms with E-state index in [2.05, 4.69) is 15.6 Å². The predicted octanol–water partition coefficient (Wildman–Crippen LogP) is 0.897. The van der Waals surface area contributed by atoms with E-state index in [-0.39, 0.29) is 18.4 Å². The molecule has 19 heavy (non-hydrogen) atoms. The smallest absolute Gasteiger partial charge is 0.255 e. The van der Waals surface area contributed by atoms with Gasteiger partial charge in [-0.2, -0.15) is 0 Å². The SMILES string of the molecule is CCCNc1ccncc1C(=O)NC(C)CC(N)=O. The lowest BCUT2D eigenvalue weighted by Crippen LogP contribution is -2.36. The maximum Gasteiger partial charge on any atom is 0.255 e. The average molecular weight is 264 g/mol. The third-order valence-corrected chi connectivity index (χ3v) is 2.52. The number of aromatic nitrogens is 1. The van der Waals surface area contributed by atoms with E-state index in [9.17, 15) is 9.59 Å². The topological polar surface area (TPSA) is 97.1 Å². The third kappa shape index (κ3) is 4.95. The van der Waals surface area contributed by atoms with E-state index in [1.807, 2.05) is 6.92 Å². The zero-order chi connectivity index (χ0) is 14.3. The predicted molar refractivity (Wildman–Crippen MR) is 73.8 cm³/mol. The fourth-order valence-corrected chi connectivity index (χ4v) is 1.64. The van der Waals surface area contributed by atoms with Crippen molar-refractivity contribution in [1.82, 2.24) is 10.3 Å². The fraction of sp³-hybridized carbons (Fsp3) is 0.462. The Labute approximate surface area is 112 Å². The summed E-state index contributed by atoms with van der Waals surface area (Å²) >= 11 is 0. The van der Waals surface area contributed by atoms with Crippen molar-refractivity contribution in [3.05, 3.63) is 24.0 Å². The van der Waals surface area contributed by atoms with Gasteiger partial charge in [-0.1, -0.05) is 6.92 Å². The van der Waals surface area contributed by atoms with Crippen LogP contribution < -0.4 is 16.4 Å². The van der Waals surface area contributed by atoms with Gasteiger partial charge >= 0.3 is 0 Å². The molecule has 104 valence electrons. The Hall–Kier alpha value is -2.11. The fourth-order valence-electron chi connectivity index (χ4n) is 1.64. The van der Waals surface area contributed by atoms with Gasteiger partial charge in [0.2, 0.25) is 5.91 Å². The first-order valence-electron chi connectivity index (χ1n) is 6.31. The highest BCUT2D eigenvalue weighted by molar-refractivity contribution is 5.99. The summed E-state index contributed by atoms with van der Waals surface area (Å²) in [5.41, 5.74) is 6.29. The lowest BCUT2D eigenvalue weighted by molar-refractivity contribution is -0.118. The van der Waals surface area contributed by atoms with Crippen molar-refractivity contribution in [1.29, 1.82) is 0 Å². The highest BCUT2D eigenvalue weighted by atomic mass is 16.2. The summed E-state index contributed by atoms with van der Waals surface area (Å²) in [6, 6.07) is 1.45. The highest BCUT2D eigenvalue weighted by Crippen LogP contribution is 2.13. The average Bonchev–Trinajstić information content (AvgIpc) is 2.35. The Morgan fingerprint density at radius 1 is 1.47 bits per heavy atom. The van der Waals surface area contributed by atoms with E-state index in [1.165, 1.54) is 6.20 Å². The van der Waals surface area contributed by atoms with Gasteiger partial charge in [0.05, 0.1) is 11.3 Å². The van der Waals surface area contributed by atoms with Gasteiger partial charge in [-0.05, 0) is 19.4 Å². The zero-order valence-corrected chi connectivity index (χ0v) is 11.3. The number of amides is 2. The van der Waals surface area contributed by atoms with Crippen LogP contribution in [0.15, 0.2) is 18.5 Å². The van der Waals surface area contributed by atoms with Gasteiger partial charge < -0.3 is 16.4 Å². The van der Waals surface area contributed by atoms with Gasteiger partial charge in [-0.25, -0.2) is 0 Å². The van der Waals surface area contributed by atoms with Crippen LogP contribution in [0.3, 0.4) is 0 Å². The molecule has 0 aliphatic rings. The molecule has 1 unspecified atom stereocenters. The molecule has 1 rings (SSSR count). The van der Waals surface area contributed by atoms with E-state index in [0.29, 0.717) is 5.56 Å². The van der Waals surface area contributed by atoms with Crippen LogP contribution in [-0.4, -0.2) is 29.4 Å². The molecule has 1 heterocycles. The summed E-state index contributed by atoms with van der Waals surface area (Å²) in [6.45, 7) is 4.56. The van der Waals surface area contributed by atoms with E-state index in [4.69, 9.17) is 5.73 Å². The second-order valence-electron chi connectivity index (χ2n) is 4.39. The Balaban J connectivity index is 2.73. The molecule has 0 aliphatic carbocycles. The molecule has 2 amide bonds. The molecule has 0 aromatic carbocycles. The Morgan fingerprint density at radius 2 is 2.21 bits per heavy atom. The number of primary amides is 1. The minimum absolute atomic E-state index is 0.115. The minimum Gasteiger partial charge on any atom is -0.384 e. The van der Waals surface area contributed by atoms with Gasteiger partial charge in [-0.15, -0.1) is 0 Å². The van der Waals surface area contributed by atoms with Crippen LogP contribution in [0.1, 0.15) is 37.0 Å².